The monoisotopic (exact) mass is 436 g/mol. The third-order valence-electron chi connectivity index (χ3n) is 5.88. The lowest BCUT2D eigenvalue weighted by molar-refractivity contribution is 0.104. The van der Waals surface area contributed by atoms with E-state index in [1.807, 2.05) is 18.2 Å². The van der Waals surface area contributed by atoms with Gasteiger partial charge in [0.15, 0.2) is 21.3 Å². The minimum absolute atomic E-state index is 0.192. The average Bonchev–Trinajstić information content (AvgIpc) is 3.38. The fourth-order valence-electron chi connectivity index (χ4n) is 4.12. The molecule has 2 saturated heterocycles. The van der Waals surface area contributed by atoms with Crippen molar-refractivity contribution in [2.75, 3.05) is 58.4 Å². The molecule has 0 radical (unpaired) electrons. The van der Waals surface area contributed by atoms with Gasteiger partial charge < -0.3 is 18.9 Å². The molecule has 3 heterocycles. The largest absolute Gasteiger partial charge is 0.493 e. The minimum Gasteiger partial charge on any atom is -0.493 e. The summed E-state index contributed by atoms with van der Waals surface area (Å²) in [6.07, 6.45) is 1.45. The van der Waals surface area contributed by atoms with Crippen LogP contribution in [0.4, 0.5) is 0 Å². The first-order valence-corrected chi connectivity index (χ1v) is 12.0. The number of piperazine rings is 1. The summed E-state index contributed by atoms with van der Waals surface area (Å²) >= 11 is 0. The first kappa shape index (κ1) is 21.1. The van der Waals surface area contributed by atoms with Gasteiger partial charge in [0, 0.05) is 50.7 Å². The predicted octanol–water partition coefficient (Wildman–Crippen LogP) is 1.10. The zero-order valence-electron chi connectivity index (χ0n) is 17.4. The quantitative estimate of drug-likeness (QED) is 0.632. The Morgan fingerprint density at radius 1 is 1.13 bits per heavy atom. The van der Waals surface area contributed by atoms with Crippen LogP contribution >= 0.6 is 0 Å². The van der Waals surface area contributed by atoms with E-state index >= 15 is 0 Å². The number of nitrogens with zero attached hydrogens (tertiary/aromatic N) is 4. The number of sulfone groups is 1. The molecule has 2 aliphatic rings. The molecule has 4 rings (SSSR count). The maximum absolute atomic E-state index is 11.7. The van der Waals surface area contributed by atoms with E-state index < -0.39 is 9.84 Å². The maximum Gasteiger partial charge on any atom is 0.228 e. The van der Waals surface area contributed by atoms with E-state index in [0.29, 0.717) is 41.1 Å². The number of ether oxygens (including phenoxy) is 2. The van der Waals surface area contributed by atoms with Gasteiger partial charge in [-0.3, -0.25) is 4.90 Å². The summed E-state index contributed by atoms with van der Waals surface area (Å²) in [6.45, 7) is 4.49. The van der Waals surface area contributed by atoms with Gasteiger partial charge in [0.1, 0.15) is 0 Å². The number of aromatic nitrogens is 2. The predicted molar refractivity (Wildman–Crippen MR) is 112 cm³/mol. The smallest absolute Gasteiger partial charge is 0.228 e. The molecule has 0 amide bonds. The van der Waals surface area contributed by atoms with Crippen molar-refractivity contribution < 1.29 is 22.4 Å². The van der Waals surface area contributed by atoms with Gasteiger partial charge in [-0.15, -0.1) is 0 Å². The van der Waals surface area contributed by atoms with Crippen LogP contribution < -0.4 is 9.47 Å². The van der Waals surface area contributed by atoms with E-state index in [2.05, 4.69) is 19.9 Å². The van der Waals surface area contributed by atoms with Gasteiger partial charge in [0.2, 0.25) is 11.7 Å². The second-order valence-electron chi connectivity index (χ2n) is 7.77. The zero-order valence-corrected chi connectivity index (χ0v) is 18.2. The van der Waals surface area contributed by atoms with Crippen molar-refractivity contribution in [3.8, 4) is 22.9 Å². The molecule has 0 bridgehead atoms. The lowest BCUT2D eigenvalue weighted by Gasteiger charge is -2.37. The summed E-state index contributed by atoms with van der Waals surface area (Å²) in [6, 6.07) is 5.71. The highest BCUT2D eigenvalue weighted by atomic mass is 32.2. The third kappa shape index (κ3) is 4.76. The Kier molecular flexibility index (Phi) is 6.26. The minimum atomic E-state index is -2.83. The summed E-state index contributed by atoms with van der Waals surface area (Å²) in [5.41, 5.74) is 0.808. The van der Waals surface area contributed by atoms with Crippen LogP contribution in [-0.2, 0) is 16.3 Å². The van der Waals surface area contributed by atoms with Gasteiger partial charge in [0.05, 0.1) is 25.7 Å². The van der Waals surface area contributed by atoms with Gasteiger partial charge >= 0.3 is 0 Å². The highest BCUT2D eigenvalue weighted by Crippen LogP contribution is 2.31. The first-order chi connectivity index (χ1) is 14.5. The van der Waals surface area contributed by atoms with Gasteiger partial charge in [-0.1, -0.05) is 5.16 Å². The van der Waals surface area contributed by atoms with E-state index in [0.717, 1.165) is 44.7 Å². The second-order valence-corrected chi connectivity index (χ2v) is 9.99. The van der Waals surface area contributed by atoms with E-state index in [1.54, 1.807) is 14.2 Å². The Morgan fingerprint density at radius 2 is 1.90 bits per heavy atom. The Labute approximate surface area is 176 Å². The van der Waals surface area contributed by atoms with Crippen molar-refractivity contribution in [1.29, 1.82) is 0 Å². The summed E-state index contributed by atoms with van der Waals surface area (Å²) < 4.78 is 39.4. The van der Waals surface area contributed by atoms with Crippen LogP contribution in [0.15, 0.2) is 22.7 Å². The molecular formula is C20H28N4O5S. The molecule has 30 heavy (non-hydrogen) atoms. The molecule has 0 N–H and O–H groups in total. The van der Waals surface area contributed by atoms with Crippen molar-refractivity contribution in [3.05, 3.63) is 24.1 Å². The Balaban J connectivity index is 1.28. The molecule has 2 aromatic rings. The molecule has 1 aromatic heterocycles. The van der Waals surface area contributed by atoms with E-state index in [1.165, 1.54) is 0 Å². The zero-order chi connectivity index (χ0) is 21.1. The van der Waals surface area contributed by atoms with Gasteiger partial charge in [-0.05, 0) is 24.6 Å². The first-order valence-electron chi connectivity index (χ1n) is 10.2. The lowest BCUT2D eigenvalue weighted by atomic mass is 10.2. The maximum atomic E-state index is 11.7. The van der Waals surface area contributed by atoms with Crippen LogP contribution in [0.5, 0.6) is 11.5 Å². The van der Waals surface area contributed by atoms with Gasteiger partial charge in [0.25, 0.3) is 0 Å². The number of benzene rings is 1. The molecule has 10 heteroatoms. The molecule has 2 fully saturated rings. The lowest BCUT2D eigenvalue weighted by Crippen LogP contribution is -2.51. The topological polar surface area (TPSA) is 98.0 Å². The fourth-order valence-corrected chi connectivity index (χ4v) is 5.88. The van der Waals surface area contributed by atoms with Crippen molar-refractivity contribution >= 4 is 9.84 Å². The average molecular weight is 437 g/mol. The van der Waals surface area contributed by atoms with Crippen LogP contribution in [0.1, 0.15) is 12.3 Å². The van der Waals surface area contributed by atoms with Crippen LogP contribution in [0.2, 0.25) is 0 Å². The summed E-state index contributed by atoms with van der Waals surface area (Å²) in [5, 5.41) is 4.09. The van der Waals surface area contributed by atoms with Crippen molar-refractivity contribution in [2.45, 2.75) is 18.9 Å². The van der Waals surface area contributed by atoms with Crippen LogP contribution in [-0.4, -0.2) is 92.8 Å². The molecule has 2 aliphatic heterocycles. The molecule has 0 aliphatic carbocycles. The Bertz CT molecular complexity index is 969. The molecular weight excluding hydrogens is 408 g/mol. The van der Waals surface area contributed by atoms with Crippen molar-refractivity contribution in [1.82, 2.24) is 19.9 Å². The highest BCUT2D eigenvalue weighted by Gasteiger charge is 2.33. The molecule has 1 atom stereocenters. The summed E-state index contributed by atoms with van der Waals surface area (Å²) in [5.74, 6) is 3.04. The number of hydrogen-bond acceptors (Lipinski definition) is 9. The molecule has 1 aromatic carbocycles. The summed E-state index contributed by atoms with van der Waals surface area (Å²) in [7, 11) is 0.357. The van der Waals surface area contributed by atoms with Crippen molar-refractivity contribution in [3.63, 3.8) is 0 Å². The Morgan fingerprint density at radius 3 is 2.57 bits per heavy atom. The third-order valence-corrected chi connectivity index (χ3v) is 7.63. The van der Waals surface area contributed by atoms with Gasteiger partial charge in [-0.2, -0.15) is 4.98 Å². The van der Waals surface area contributed by atoms with E-state index in [4.69, 9.17) is 14.0 Å². The normalized spacial score (nSPS) is 22.3. The molecule has 0 spiro atoms. The van der Waals surface area contributed by atoms with E-state index in [-0.39, 0.29) is 6.04 Å². The number of methoxy groups -OCH3 is 2. The number of hydrogen-bond donors (Lipinski definition) is 0. The van der Waals surface area contributed by atoms with Crippen LogP contribution in [0, 0.1) is 0 Å². The molecule has 0 saturated carbocycles. The van der Waals surface area contributed by atoms with Crippen LogP contribution in [0.3, 0.4) is 0 Å². The fraction of sp³-hybridized carbons (Fsp3) is 0.600. The van der Waals surface area contributed by atoms with Gasteiger partial charge in [-0.25, -0.2) is 8.42 Å². The van der Waals surface area contributed by atoms with Crippen LogP contribution in [0.25, 0.3) is 11.4 Å². The van der Waals surface area contributed by atoms with E-state index in [9.17, 15) is 8.42 Å². The Hall–Kier alpha value is -2.17. The molecule has 9 nitrogen and oxygen atoms in total. The standard InChI is InChI=1S/C20H28N4O5S/c1-27-17-4-3-15(13-18(17)28-2)20-21-19(29-22-20)5-7-23-8-10-24(11-9-23)16-6-12-30(25,26)14-16/h3-4,13,16H,5-12,14H2,1-2H3/t16-/m1/s1. The van der Waals surface area contributed by atoms with Crippen molar-refractivity contribution in [2.24, 2.45) is 0 Å². The molecule has 0 unspecified atom stereocenters. The second kappa shape index (κ2) is 8.91. The summed E-state index contributed by atoms with van der Waals surface area (Å²) in [4.78, 5) is 9.20. The number of rotatable bonds is 7. The highest BCUT2D eigenvalue weighted by molar-refractivity contribution is 7.91. The molecule has 164 valence electrons. The SMILES string of the molecule is COc1ccc(-c2noc(CCN3CCN([C@@H]4CCS(=O)(=O)C4)CC3)n2)cc1OC.